The molecule has 0 saturated carbocycles. The molecule has 0 aliphatic heterocycles. The Labute approximate surface area is 101 Å². The van der Waals surface area contributed by atoms with E-state index in [1.165, 1.54) is 5.56 Å². The minimum atomic E-state index is 0.0653. The van der Waals surface area contributed by atoms with Crippen molar-refractivity contribution in [3.63, 3.8) is 0 Å². The van der Waals surface area contributed by atoms with Crippen molar-refractivity contribution in [1.29, 1.82) is 0 Å². The van der Waals surface area contributed by atoms with E-state index >= 15 is 0 Å². The summed E-state index contributed by atoms with van der Waals surface area (Å²) in [4.78, 5) is 12.0. The number of hydrogen-bond donors (Lipinski definition) is 1. The van der Waals surface area contributed by atoms with Gasteiger partial charge in [-0.15, -0.1) is 0 Å². The smallest absolute Gasteiger partial charge is 0.270 e. The summed E-state index contributed by atoms with van der Waals surface area (Å²) in [7, 11) is 1.76. The van der Waals surface area contributed by atoms with Gasteiger partial charge in [-0.2, -0.15) is 0 Å². The molecule has 90 valence electrons. The van der Waals surface area contributed by atoms with Gasteiger partial charge in [0, 0.05) is 12.6 Å². The molecule has 0 saturated heterocycles. The van der Waals surface area contributed by atoms with Crippen molar-refractivity contribution in [2.24, 2.45) is 7.05 Å². The summed E-state index contributed by atoms with van der Waals surface area (Å²) in [5.41, 5.74) is 4.15. The SMILES string of the molecule is Cc1ccc(-c2[nH]n(C)c(=O)c2C(C)C)cc1. The average molecular weight is 230 g/mol. The molecule has 3 heteroatoms. The number of benzene rings is 1. The maximum absolute atomic E-state index is 12.0. The van der Waals surface area contributed by atoms with Crippen molar-refractivity contribution < 1.29 is 0 Å². The van der Waals surface area contributed by atoms with Gasteiger partial charge >= 0.3 is 0 Å². The van der Waals surface area contributed by atoms with Gasteiger partial charge in [-0.05, 0) is 18.4 Å². The van der Waals surface area contributed by atoms with E-state index in [1.54, 1.807) is 11.7 Å². The highest BCUT2D eigenvalue weighted by atomic mass is 16.1. The summed E-state index contributed by atoms with van der Waals surface area (Å²) in [5, 5.41) is 3.13. The van der Waals surface area contributed by atoms with Gasteiger partial charge in [-0.1, -0.05) is 43.7 Å². The van der Waals surface area contributed by atoms with Crippen molar-refractivity contribution in [1.82, 2.24) is 9.78 Å². The molecule has 0 unspecified atom stereocenters. The van der Waals surface area contributed by atoms with Crippen LogP contribution in [-0.4, -0.2) is 9.78 Å². The fourth-order valence-corrected chi connectivity index (χ4v) is 2.04. The lowest BCUT2D eigenvalue weighted by atomic mass is 9.99. The zero-order chi connectivity index (χ0) is 12.6. The van der Waals surface area contributed by atoms with Crippen LogP contribution in [0.1, 0.15) is 30.9 Å². The fraction of sp³-hybridized carbons (Fsp3) is 0.357. The van der Waals surface area contributed by atoms with E-state index in [1.807, 2.05) is 26.0 Å². The molecule has 1 N–H and O–H groups in total. The Hall–Kier alpha value is -1.77. The minimum absolute atomic E-state index is 0.0653. The third-order valence-corrected chi connectivity index (χ3v) is 3.00. The van der Waals surface area contributed by atoms with Crippen LogP contribution in [0.3, 0.4) is 0 Å². The second-order valence-electron chi connectivity index (χ2n) is 4.79. The van der Waals surface area contributed by atoms with Crippen LogP contribution in [0.25, 0.3) is 11.3 Å². The molecule has 0 bridgehead atoms. The monoisotopic (exact) mass is 230 g/mol. The topological polar surface area (TPSA) is 37.8 Å². The van der Waals surface area contributed by atoms with Crippen LogP contribution in [0.2, 0.25) is 0 Å². The van der Waals surface area contributed by atoms with Gasteiger partial charge in [0.15, 0.2) is 0 Å². The number of aromatic amines is 1. The van der Waals surface area contributed by atoms with Crippen LogP contribution in [0.4, 0.5) is 0 Å². The van der Waals surface area contributed by atoms with Crippen LogP contribution in [0.5, 0.6) is 0 Å². The summed E-state index contributed by atoms with van der Waals surface area (Å²) < 4.78 is 1.55. The largest absolute Gasteiger partial charge is 0.295 e. The van der Waals surface area contributed by atoms with E-state index in [0.717, 1.165) is 16.8 Å². The van der Waals surface area contributed by atoms with E-state index in [2.05, 4.69) is 24.2 Å². The third kappa shape index (κ3) is 2.05. The fourth-order valence-electron chi connectivity index (χ4n) is 2.04. The number of nitrogens with zero attached hydrogens (tertiary/aromatic N) is 1. The summed E-state index contributed by atoms with van der Waals surface area (Å²) >= 11 is 0. The highest BCUT2D eigenvalue weighted by Crippen LogP contribution is 2.24. The molecule has 17 heavy (non-hydrogen) atoms. The standard InChI is InChI=1S/C14H18N2O/c1-9(2)12-13(15-16(4)14(12)17)11-7-5-10(3)6-8-11/h5-9,15H,1-4H3. The molecule has 3 nitrogen and oxygen atoms in total. The van der Waals surface area contributed by atoms with Crippen molar-refractivity contribution in [2.75, 3.05) is 0 Å². The Kier molecular flexibility index (Phi) is 2.92. The van der Waals surface area contributed by atoms with Crippen LogP contribution < -0.4 is 5.56 Å². The third-order valence-electron chi connectivity index (χ3n) is 3.00. The van der Waals surface area contributed by atoms with Crippen LogP contribution in [0.15, 0.2) is 29.1 Å². The number of nitrogens with one attached hydrogen (secondary N) is 1. The van der Waals surface area contributed by atoms with E-state index in [9.17, 15) is 4.79 Å². The zero-order valence-electron chi connectivity index (χ0n) is 10.7. The van der Waals surface area contributed by atoms with Crippen molar-refractivity contribution in [2.45, 2.75) is 26.7 Å². The maximum atomic E-state index is 12.0. The first-order valence-corrected chi connectivity index (χ1v) is 5.86. The quantitative estimate of drug-likeness (QED) is 0.846. The van der Waals surface area contributed by atoms with Gasteiger partial charge in [0.25, 0.3) is 5.56 Å². The van der Waals surface area contributed by atoms with E-state index < -0.39 is 0 Å². The van der Waals surface area contributed by atoms with Crippen molar-refractivity contribution in [3.8, 4) is 11.3 Å². The summed E-state index contributed by atoms with van der Waals surface area (Å²) in [5.74, 6) is 0.219. The zero-order valence-corrected chi connectivity index (χ0v) is 10.7. The minimum Gasteiger partial charge on any atom is -0.295 e. The second-order valence-corrected chi connectivity index (χ2v) is 4.79. The molecule has 0 aliphatic rings. The van der Waals surface area contributed by atoms with Gasteiger partial charge in [0.05, 0.1) is 5.69 Å². The predicted octanol–water partition coefficient (Wildman–Crippen LogP) is 2.81. The molecule has 0 spiro atoms. The van der Waals surface area contributed by atoms with Gasteiger partial charge in [0.1, 0.15) is 0 Å². The number of H-pyrrole nitrogens is 1. The highest BCUT2D eigenvalue weighted by molar-refractivity contribution is 5.63. The molecule has 1 aromatic heterocycles. The summed E-state index contributed by atoms with van der Waals surface area (Å²) in [6, 6.07) is 8.22. The van der Waals surface area contributed by atoms with Gasteiger partial charge < -0.3 is 0 Å². The first-order valence-electron chi connectivity index (χ1n) is 5.86. The molecule has 0 radical (unpaired) electrons. The number of aryl methyl sites for hydroxylation is 2. The molecule has 1 heterocycles. The van der Waals surface area contributed by atoms with Crippen molar-refractivity contribution >= 4 is 0 Å². The van der Waals surface area contributed by atoms with E-state index in [-0.39, 0.29) is 11.5 Å². The normalized spacial score (nSPS) is 11.1. The van der Waals surface area contributed by atoms with Gasteiger partial charge in [-0.25, -0.2) is 0 Å². The molecule has 2 rings (SSSR count). The highest BCUT2D eigenvalue weighted by Gasteiger charge is 2.16. The van der Waals surface area contributed by atoms with E-state index in [0.29, 0.717) is 0 Å². The lowest BCUT2D eigenvalue weighted by Crippen LogP contribution is -2.15. The first-order chi connectivity index (χ1) is 8.00. The average Bonchev–Trinajstić information content (AvgIpc) is 2.56. The lowest BCUT2D eigenvalue weighted by Gasteiger charge is -2.05. The Morgan fingerprint density at radius 3 is 2.29 bits per heavy atom. The molecular formula is C14H18N2O. The Bertz CT molecular complexity index is 573. The number of aromatic nitrogens is 2. The van der Waals surface area contributed by atoms with Crippen LogP contribution in [-0.2, 0) is 7.05 Å². The summed E-state index contributed by atoms with van der Waals surface area (Å²) in [6.45, 7) is 6.14. The molecule has 1 aromatic carbocycles. The Balaban J connectivity index is 2.63. The molecular weight excluding hydrogens is 212 g/mol. The molecule has 0 amide bonds. The summed E-state index contributed by atoms with van der Waals surface area (Å²) in [6.07, 6.45) is 0. The lowest BCUT2D eigenvalue weighted by molar-refractivity contribution is 0.734. The maximum Gasteiger partial charge on any atom is 0.270 e. The molecule has 0 atom stereocenters. The molecule has 0 aliphatic carbocycles. The second kappa shape index (κ2) is 4.24. The molecule has 0 fully saturated rings. The van der Waals surface area contributed by atoms with E-state index in [4.69, 9.17) is 0 Å². The van der Waals surface area contributed by atoms with Gasteiger partial charge in [-0.3, -0.25) is 14.6 Å². The number of hydrogen-bond acceptors (Lipinski definition) is 1. The van der Waals surface area contributed by atoms with Crippen LogP contribution >= 0.6 is 0 Å². The van der Waals surface area contributed by atoms with Crippen molar-refractivity contribution in [3.05, 3.63) is 45.7 Å². The van der Waals surface area contributed by atoms with Gasteiger partial charge in [0.2, 0.25) is 0 Å². The predicted molar refractivity (Wildman–Crippen MR) is 70.3 cm³/mol. The Morgan fingerprint density at radius 2 is 1.76 bits per heavy atom. The number of rotatable bonds is 2. The molecule has 2 aromatic rings. The Morgan fingerprint density at radius 1 is 1.18 bits per heavy atom. The first kappa shape index (κ1) is 11.7. The van der Waals surface area contributed by atoms with Crippen LogP contribution in [0, 0.1) is 6.92 Å².